The minimum atomic E-state index is -5.09. The second-order valence-electron chi connectivity index (χ2n) is 8.14. The number of aliphatic hydroxyl groups is 1. The van der Waals surface area contributed by atoms with Crippen LogP contribution in [0.1, 0.15) is 37.2 Å². The van der Waals surface area contributed by atoms with Crippen LogP contribution in [0.15, 0.2) is 54.6 Å². The minimum absolute atomic E-state index is 0.251. The van der Waals surface area contributed by atoms with Gasteiger partial charge in [-0.1, -0.05) is 30.3 Å². The third-order valence-corrected chi connectivity index (χ3v) is 5.90. The summed E-state index contributed by atoms with van der Waals surface area (Å²) < 4.78 is 84.1. The van der Waals surface area contributed by atoms with Gasteiger partial charge in [0.25, 0.3) is 0 Å². The van der Waals surface area contributed by atoms with Gasteiger partial charge < -0.3 is 9.84 Å². The molecule has 1 N–H and O–H groups in total. The van der Waals surface area contributed by atoms with Gasteiger partial charge in [-0.3, -0.25) is 0 Å². The fourth-order valence-electron chi connectivity index (χ4n) is 4.24. The molecule has 0 aromatic heterocycles. The van der Waals surface area contributed by atoms with Crippen molar-refractivity contribution in [2.75, 3.05) is 0 Å². The fourth-order valence-corrected chi connectivity index (χ4v) is 4.24. The van der Waals surface area contributed by atoms with Gasteiger partial charge in [-0.2, -0.15) is 0 Å². The van der Waals surface area contributed by atoms with Crippen LogP contribution in [0.5, 0.6) is 5.75 Å². The number of hydrogen-bond acceptors (Lipinski definition) is 2. The molecule has 1 aliphatic carbocycles. The van der Waals surface area contributed by atoms with Crippen molar-refractivity contribution in [1.82, 2.24) is 0 Å². The van der Waals surface area contributed by atoms with Gasteiger partial charge in [0.2, 0.25) is 0 Å². The van der Waals surface area contributed by atoms with Gasteiger partial charge in [0.05, 0.1) is 11.7 Å². The van der Waals surface area contributed by atoms with Crippen LogP contribution in [0.25, 0.3) is 22.3 Å². The summed E-state index contributed by atoms with van der Waals surface area (Å²) in [5, 5.41) is 9.65. The van der Waals surface area contributed by atoms with E-state index in [4.69, 9.17) is 0 Å². The Morgan fingerprint density at radius 1 is 0.697 bits per heavy atom. The molecule has 0 atom stereocenters. The number of ether oxygens (including phenoxy) is 1. The quantitative estimate of drug-likeness (QED) is 0.407. The molecule has 2 nitrogen and oxygen atoms in total. The molecule has 0 radical (unpaired) electrons. The highest BCUT2D eigenvalue weighted by Crippen LogP contribution is 2.36. The van der Waals surface area contributed by atoms with Gasteiger partial charge in [-0.15, -0.1) is 13.2 Å². The third-order valence-electron chi connectivity index (χ3n) is 5.90. The van der Waals surface area contributed by atoms with Gasteiger partial charge in [-0.05, 0) is 78.1 Å². The number of rotatable bonds is 4. The van der Waals surface area contributed by atoms with E-state index in [1.54, 1.807) is 12.1 Å². The van der Waals surface area contributed by atoms with Gasteiger partial charge in [0.15, 0.2) is 11.6 Å². The molecule has 0 heterocycles. The maximum Gasteiger partial charge on any atom is 0.573 e. The predicted molar refractivity (Wildman–Crippen MR) is 111 cm³/mol. The van der Waals surface area contributed by atoms with Gasteiger partial charge in [-0.25, -0.2) is 13.2 Å². The first-order valence-corrected chi connectivity index (χ1v) is 10.4. The molecule has 3 aromatic rings. The van der Waals surface area contributed by atoms with Crippen LogP contribution in [0, 0.1) is 17.5 Å². The molecular formula is C25H20F6O2. The molecule has 4 rings (SSSR count). The van der Waals surface area contributed by atoms with Crippen molar-refractivity contribution in [3.63, 3.8) is 0 Å². The Kier molecular flexibility index (Phi) is 6.38. The zero-order chi connectivity index (χ0) is 23.8. The van der Waals surface area contributed by atoms with E-state index in [-0.39, 0.29) is 17.2 Å². The number of aliphatic hydroxyl groups excluding tert-OH is 1. The van der Waals surface area contributed by atoms with Crippen molar-refractivity contribution in [1.29, 1.82) is 0 Å². The first kappa shape index (κ1) is 23.2. The third kappa shape index (κ3) is 5.33. The van der Waals surface area contributed by atoms with Gasteiger partial charge in [0.1, 0.15) is 11.6 Å². The normalized spacial score (nSPS) is 18.9. The van der Waals surface area contributed by atoms with Crippen LogP contribution in [0.2, 0.25) is 0 Å². The SMILES string of the molecule is OC1CCC(c2ccc(-c3cc(F)c(-c4ccc(OC(F)(F)F)c(F)c4)c(F)c3)cc2)CC1. The average Bonchev–Trinajstić information content (AvgIpc) is 2.75. The van der Waals surface area contributed by atoms with Crippen molar-refractivity contribution >= 4 is 0 Å². The van der Waals surface area contributed by atoms with Crippen LogP contribution in [-0.4, -0.2) is 17.6 Å². The Balaban J connectivity index is 1.58. The molecule has 0 bridgehead atoms. The molecule has 1 aliphatic rings. The highest BCUT2D eigenvalue weighted by molar-refractivity contribution is 5.72. The predicted octanol–water partition coefficient (Wildman–Crippen LogP) is 7.36. The molecule has 0 unspecified atom stereocenters. The topological polar surface area (TPSA) is 29.5 Å². The van der Waals surface area contributed by atoms with Crippen LogP contribution in [0.3, 0.4) is 0 Å². The zero-order valence-corrected chi connectivity index (χ0v) is 17.3. The van der Waals surface area contributed by atoms with E-state index >= 15 is 0 Å². The number of hydrogen-bond donors (Lipinski definition) is 1. The van der Waals surface area contributed by atoms with Crippen LogP contribution in [0.4, 0.5) is 26.3 Å². The van der Waals surface area contributed by atoms with E-state index in [9.17, 15) is 31.4 Å². The summed E-state index contributed by atoms with van der Waals surface area (Å²) in [6, 6.07) is 11.7. The summed E-state index contributed by atoms with van der Waals surface area (Å²) in [5.74, 6) is -4.09. The van der Waals surface area contributed by atoms with Crippen molar-refractivity contribution in [3.8, 4) is 28.0 Å². The van der Waals surface area contributed by atoms with Crippen molar-refractivity contribution in [2.24, 2.45) is 0 Å². The lowest BCUT2D eigenvalue weighted by molar-refractivity contribution is -0.275. The summed E-state index contributed by atoms with van der Waals surface area (Å²) in [6.45, 7) is 0. The molecule has 1 saturated carbocycles. The molecule has 0 saturated heterocycles. The summed E-state index contributed by atoms with van der Waals surface area (Å²) in [4.78, 5) is 0. The second-order valence-corrected chi connectivity index (χ2v) is 8.14. The largest absolute Gasteiger partial charge is 0.573 e. The number of benzene rings is 3. The lowest BCUT2D eigenvalue weighted by Crippen LogP contribution is -2.17. The molecular weight excluding hydrogens is 446 g/mol. The number of halogens is 6. The van der Waals surface area contributed by atoms with Crippen molar-refractivity contribution in [3.05, 3.63) is 77.6 Å². The Morgan fingerprint density at radius 3 is 1.79 bits per heavy atom. The maximum absolute atomic E-state index is 14.8. The van der Waals surface area contributed by atoms with Gasteiger partial charge >= 0.3 is 6.36 Å². The second kappa shape index (κ2) is 9.09. The summed E-state index contributed by atoms with van der Waals surface area (Å²) in [6.07, 6.45) is -2.10. The van der Waals surface area contributed by atoms with Crippen LogP contribution >= 0.6 is 0 Å². The number of alkyl halides is 3. The van der Waals surface area contributed by atoms with E-state index in [0.29, 0.717) is 23.6 Å². The van der Waals surface area contributed by atoms with E-state index in [1.807, 2.05) is 12.1 Å². The standard InChI is InChI=1S/C25H20F6O2/c26-20-11-17(7-10-23(20)33-25(29,30)31)24-21(27)12-18(13-22(24)28)16-3-1-14(2-4-16)15-5-8-19(32)9-6-15/h1-4,7,10-13,15,19,32H,5-6,8-9H2. The Labute approximate surface area is 186 Å². The van der Waals surface area contributed by atoms with E-state index in [0.717, 1.165) is 49.4 Å². The highest BCUT2D eigenvalue weighted by atomic mass is 19.4. The first-order valence-electron chi connectivity index (χ1n) is 10.4. The summed E-state index contributed by atoms with van der Waals surface area (Å²) in [5.41, 5.74) is 1.16. The molecule has 3 aromatic carbocycles. The first-order chi connectivity index (χ1) is 15.6. The maximum atomic E-state index is 14.8. The Hall–Kier alpha value is -3.00. The average molecular weight is 466 g/mol. The van der Waals surface area contributed by atoms with Crippen LogP contribution in [-0.2, 0) is 0 Å². The van der Waals surface area contributed by atoms with Crippen LogP contribution < -0.4 is 4.74 Å². The Bertz CT molecular complexity index is 1110. The molecule has 0 spiro atoms. The van der Waals surface area contributed by atoms with Gasteiger partial charge in [0, 0.05) is 0 Å². The highest BCUT2D eigenvalue weighted by Gasteiger charge is 2.32. The van der Waals surface area contributed by atoms with E-state index < -0.39 is 35.1 Å². The smallest absolute Gasteiger partial charge is 0.403 e. The van der Waals surface area contributed by atoms with E-state index in [2.05, 4.69) is 4.74 Å². The molecule has 0 amide bonds. The zero-order valence-electron chi connectivity index (χ0n) is 17.3. The minimum Gasteiger partial charge on any atom is -0.403 e. The lowest BCUT2D eigenvalue weighted by atomic mass is 9.82. The lowest BCUT2D eigenvalue weighted by Gasteiger charge is -2.25. The summed E-state index contributed by atoms with van der Waals surface area (Å²) >= 11 is 0. The molecule has 8 heteroatoms. The molecule has 1 fully saturated rings. The molecule has 33 heavy (non-hydrogen) atoms. The molecule has 0 aliphatic heterocycles. The Morgan fingerprint density at radius 2 is 1.24 bits per heavy atom. The van der Waals surface area contributed by atoms with Crippen molar-refractivity contribution < 1.29 is 36.2 Å². The summed E-state index contributed by atoms with van der Waals surface area (Å²) in [7, 11) is 0. The van der Waals surface area contributed by atoms with E-state index in [1.165, 1.54) is 0 Å². The van der Waals surface area contributed by atoms with Crippen molar-refractivity contribution in [2.45, 2.75) is 44.1 Å². The fraction of sp³-hybridized carbons (Fsp3) is 0.280. The molecule has 174 valence electrons. The monoisotopic (exact) mass is 466 g/mol.